The number of benzene rings is 1. The minimum Gasteiger partial charge on any atom is -0.395 e. The second-order valence-corrected chi connectivity index (χ2v) is 4.75. The van der Waals surface area contributed by atoms with Gasteiger partial charge in [-0.25, -0.2) is 4.79 Å². The Hall–Kier alpha value is -2.20. The van der Waals surface area contributed by atoms with Crippen LogP contribution >= 0.6 is 0 Å². The summed E-state index contributed by atoms with van der Waals surface area (Å²) in [5, 5.41) is 11.4. The first-order chi connectivity index (χ1) is 10.9. The number of hydrogen-bond donors (Lipinski definition) is 2. The van der Waals surface area contributed by atoms with Crippen LogP contribution in [0.2, 0.25) is 0 Å². The van der Waals surface area contributed by atoms with Gasteiger partial charge in [-0.05, 0) is 24.6 Å². The number of hydrogen-bond acceptors (Lipinski definition) is 2. The average Bonchev–Trinajstić information content (AvgIpc) is 2.50. The number of nitrogens with one attached hydrogen (secondary N) is 1. The molecule has 0 aliphatic rings. The maximum absolute atomic E-state index is 12.6. The van der Waals surface area contributed by atoms with Gasteiger partial charge in [-0.1, -0.05) is 24.8 Å². The molecule has 0 aliphatic heterocycles. The summed E-state index contributed by atoms with van der Waals surface area (Å²) in [6, 6.07) is 4.34. The minimum atomic E-state index is -4.41. The molecular weight excluding hydrogens is 309 g/mol. The lowest BCUT2D eigenvalue weighted by Crippen LogP contribution is -2.42. The van der Waals surface area contributed by atoms with Gasteiger partial charge in [-0.15, -0.1) is 0 Å². The molecule has 7 heteroatoms. The molecule has 0 saturated heterocycles. The van der Waals surface area contributed by atoms with Gasteiger partial charge in [-0.2, -0.15) is 13.2 Å². The second-order valence-electron chi connectivity index (χ2n) is 4.75. The molecular formula is C16H19F3N2O2. The SMILES string of the molecule is CCCN(CCO)C(=O)NCC#Cc1cccc(C(F)(F)F)c1. The highest BCUT2D eigenvalue weighted by Gasteiger charge is 2.30. The van der Waals surface area contributed by atoms with E-state index in [1.165, 1.54) is 17.0 Å². The molecule has 0 radical (unpaired) electrons. The summed E-state index contributed by atoms with van der Waals surface area (Å²) in [6.45, 7) is 2.52. The average molecular weight is 328 g/mol. The molecule has 126 valence electrons. The Balaban J connectivity index is 2.60. The number of urea groups is 1. The first-order valence-electron chi connectivity index (χ1n) is 7.18. The Kier molecular flexibility index (Phi) is 7.42. The lowest BCUT2D eigenvalue weighted by atomic mass is 10.1. The van der Waals surface area contributed by atoms with Crippen LogP contribution in [-0.4, -0.2) is 42.3 Å². The van der Waals surface area contributed by atoms with E-state index in [4.69, 9.17) is 5.11 Å². The largest absolute Gasteiger partial charge is 0.416 e. The van der Waals surface area contributed by atoms with E-state index in [-0.39, 0.29) is 31.3 Å². The fraction of sp³-hybridized carbons (Fsp3) is 0.438. The molecule has 1 aromatic carbocycles. The predicted octanol–water partition coefficient (Wildman–Crippen LogP) is 2.47. The van der Waals surface area contributed by atoms with Gasteiger partial charge in [0, 0.05) is 18.7 Å². The molecule has 0 unspecified atom stereocenters. The summed E-state index contributed by atoms with van der Waals surface area (Å²) < 4.78 is 37.7. The Labute approximate surface area is 133 Å². The van der Waals surface area contributed by atoms with Crippen LogP contribution in [-0.2, 0) is 6.18 Å². The first-order valence-corrected chi connectivity index (χ1v) is 7.18. The molecule has 0 atom stereocenters. The molecule has 0 saturated carbocycles. The topological polar surface area (TPSA) is 52.6 Å². The number of aliphatic hydroxyl groups excluding tert-OH is 1. The van der Waals surface area contributed by atoms with Crippen molar-refractivity contribution in [3.8, 4) is 11.8 Å². The van der Waals surface area contributed by atoms with E-state index in [1.807, 2.05) is 6.92 Å². The van der Waals surface area contributed by atoms with Crippen LogP contribution in [0.4, 0.5) is 18.0 Å². The number of aliphatic hydroxyl groups is 1. The van der Waals surface area contributed by atoms with Crippen LogP contribution in [0.15, 0.2) is 24.3 Å². The summed E-state index contributed by atoms with van der Waals surface area (Å²) in [7, 11) is 0. The number of carbonyl (C=O) groups is 1. The molecule has 23 heavy (non-hydrogen) atoms. The minimum absolute atomic E-state index is 0.0146. The predicted molar refractivity (Wildman–Crippen MR) is 80.7 cm³/mol. The fourth-order valence-corrected chi connectivity index (χ4v) is 1.86. The first kappa shape index (κ1) is 18.8. The number of carbonyl (C=O) groups excluding carboxylic acids is 1. The smallest absolute Gasteiger partial charge is 0.395 e. The summed E-state index contributed by atoms with van der Waals surface area (Å²) in [4.78, 5) is 13.3. The maximum Gasteiger partial charge on any atom is 0.416 e. The summed E-state index contributed by atoms with van der Waals surface area (Å²) >= 11 is 0. The van der Waals surface area contributed by atoms with Gasteiger partial charge in [-0.3, -0.25) is 0 Å². The van der Waals surface area contributed by atoms with Crippen molar-refractivity contribution in [3.05, 3.63) is 35.4 Å². The van der Waals surface area contributed by atoms with Gasteiger partial charge < -0.3 is 15.3 Å². The van der Waals surface area contributed by atoms with E-state index >= 15 is 0 Å². The van der Waals surface area contributed by atoms with Gasteiger partial charge in [0.1, 0.15) is 0 Å². The number of halogens is 3. The second kappa shape index (κ2) is 9.06. The van der Waals surface area contributed by atoms with E-state index in [0.29, 0.717) is 6.54 Å². The number of rotatable bonds is 5. The molecule has 4 nitrogen and oxygen atoms in total. The monoisotopic (exact) mass is 328 g/mol. The summed E-state index contributed by atoms with van der Waals surface area (Å²) in [5.41, 5.74) is -0.528. The molecule has 1 rings (SSSR count). The number of nitrogens with zero attached hydrogens (tertiary/aromatic N) is 1. The summed E-state index contributed by atoms with van der Waals surface area (Å²) in [6.07, 6.45) is -3.65. The van der Waals surface area contributed by atoms with Gasteiger partial charge in [0.25, 0.3) is 0 Å². The van der Waals surface area contributed by atoms with Gasteiger partial charge >= 0.3 is 12.2 Å². The van der Waals surface area contributed by atoms with Crippen molar-refractivity contribution in [3.63, 3.8) is 0 Å². The molecule has 0 fully saturated rings. The highest BCUT2D eigenvalue weighted by Crippen LogP contribution is 2.29. The Morgan fingerprint density at radius 2 is 2.09 bits per heavy atom. The third-order valence-electron chi connectivity index (χ3n) is 2.90. The summed E-state index contributed by atoms with van der Waals surface area (Å²) in [5.74, 6) is 5.19. The van der Waals surface area contributed by atoms with Crippen LogP contribution in [0.5, 0.6) is 0 Å². The molecule has 1 aromatic rings. The zero-order valence-electron chi connectivity index (χ0n) is 12.8. The Morgan fingerprint density at radius 3 is 2.70 bits per heavy atom. The Bertz CT molecular complexity index is 571. The standard InChI is InChI=1S/C16H19F3N2O2/c1-2-9-21(10-11-22)15(23)20-8-4-6-13-5-3-7-14(12-13)16(17,18)19/h3,5,7,12,22H,2,8-11H2,1H3,(H,20,23). The maximum atomic E-state index is 12.6. The highest BCUT2D eigenvalue weighted by molar-refractivity contribution is 5.74. The van der Waals surface area contributed by atoms with E-state index in [1.54, 1.807) is 0 Å². The van der Waals surface area contributed by atoms with Gasteiger partial charge in [0.15, 0.2) is 0 Å². The van der Waals surface area contributed by atoms with Crippen LogP contribution in [0.25, 0.3) is 0 Å². The Morgan fingerprint density at radius 1 is 1.35 bits per heavy atom. The van der Waals surface area contributed by atoms with Crippen LogP contribution < -0.4 is 5.32 Å². The van der Waals surface area contributed by atoms with E-state index in [0.717, 1.165) is 18.6 Å². The quantitative estimate of drug-likeness (QED) is 0.816. The number of alkyl halides is 3. The molecule has 2 N–H and O–H groups in total. The molecule has 0 bridgehead atoms. The molecule has 0 aromatic heterocycles. The van der Waals surface area contributed by atoms with Crippen molar-refractivity contribution < 1.29 is 23.1 Å². The van der Waals surface area contributed by atoms with Crippen molar-refractivity contribution in [2.45, 2.75) is 19.5 Å². The van der Waals surface area contributed by atoms with E-state index in [2.05, 4.69) is 17.2 Å². The van der Waals surface area contributed by atoms with Gasteiger partial charge in [0.05, 0.1) is 18.7 Å². The van der Waals surface area contributed by atoms with Crippen molar-refractivity contribution >= 4 is 6.03 Å². The normalized spacial score (nSPS) is 10.7. The van der Waals surface area contributed by atoms with Gasteiger partial charge in [0.2, 0.25) is 0 Å². The third-order valence-corrected chi connectivity index (χ3v) is 2.90. The van der Waals surface area contributed by atoms with Crippen molar-refractivity contribution in [1.29, 1.82) is 0 Å². The lowest BCUT2D eigenvalue weighted by molar-refractivity contribution is -0.137. The van der Waals surface area contributed by atoms with Crippen molar-refractivity contribution in [1.82, 2.24) is 10.2 Å². The van der Waals surface area contributed by atoms with E-state index in [9.17, 15) is 18.0 Å². The van der Waals surface area contributed by atoms with Crippen LogP contribution in [0, 0.1) is 11.8 Å². The molecule has 2 amide bonds. The zero-order chi connectivity index (χ0) is 17.3. The third kappa shape index (κ3) is 6.61. The zero-order valence-corrected chi connectivity index (χ0v) is 12.8. The molecule has 0 spiro atoms. The molecule has 0 aliphatic carbocycles. The molecule has 0 heterocycles. The van der Waals surface area contributed by atoms with Crippen molar-refractivity contribution in [2.24, 2.45) is 0 Å². The number of amides is 2. The van der Waals surface area contributed by atoms with E-state index < -0.39 is 11.7 Å². The van der Waals surface area contributed by atoms with Crippen molar-refractivity contribution in [2.75, 3.05) is 26.2 Å². The fourth-order valence-electron chi connectivity index (χ4n) is 1.86. The highest BCUT2D eigenvalue weighted by atomic mass is 19.4. The van der Waals surface area contributed by atoms with Crippen LogP contribution in [0.1, 0.15) is 24.5 Å². The lowest BCUT2D eigenvalue weighted by Gasteiger charge is -2.20. The van der Waals surface area contributed by atoms with Crippen LogP contribution in [0.3, 0.4) is 0 Å².